The van der Waals surface area contributed by atoms with E-state index in [1.165, 1.54) is 0 Å². The molecule has 0 aliphatic rings. The van der Waals surface area contributed by atoms with E-state index in [-0.39, 0.29) is 0 Å². The second kappa shape index (κ2) is 13.2. The molecule has 1 rings (SSSR count). The van der Waals surface area contributed by atoms with Gasteiger partial charge in [0.25, 0.3) is 0 Å². The Morgan fingerprint density at radius 1 is 1.08 bits per heavy atom. The largest absolute Gasteiger partial charge is 0.493 e. The summed E-state index contributed by atoms with van der Waals surface area (Å²) in [4.78, 5) is 6.88. The number of rotatable bonds is 13. The molecule has 1 aromatic carbocycles. The lowest BCUT2D eigenvalue weighted by atomic mass is 10.1. The predicted molar refractivity (Wildman–Crippen MR) is 109 cm³/mol. The van der Waals surface area contributed by atoms with E-state index in [9.17, 15) is 0 Å². The minimum Gasteiger partial charge on any atom is -0.493 e. The Kier molecular flexibility index (Phi) is 11.2. The average Bonchev–Trinajstić information content (AvgIpc) is 2.60. The summed E-state index contributed by atoms with van der Waals surface area (Å²) in [5.74, 6) is 1.88. The number of hydrogen-bond acceptors (Lipinski definition) is 5. The van der Waals surface area contributed by atoms with E-state index in [1.54, 1.807) is 13.3 Å². The highest BCUT2D eigenvalue weighted by molar-refractivity contribution is 5.58. The molecule has 0 saturated carbocycles. The second-order valence-corrected chi connectivity index (χ2v) is 6.41. The summed E-state index contributed by atoms with van der Waals surface area (Å²) in [5, 5.41) is 3.75. The monoisotopic (exact) mass is 362 g/mol. The Labute approximate surface area is 158 Å². The van der Waals surface area contributed by atoms with Crippen LogP contribution in [0.15, 0.2) is 29.4 Å². The fourth-order valence-corrected chi connectivity index (χ4v) is 2.64. The Morgan fingerprint density at radius 2 is 1.81 bits per heavy atom. The van der Waals surface area contributed by atoms with Gasteiger partial charge in [0, 0.05) is 6.54 Å². The summed E-state index contributed by atoms with van der Waals surface area (Å²) < 4.78 is 11.7. The highest BCUT2D eigenvalue weighted by atomic mass is 16.6. The van der Waals surface area contributed by atoms with Gasteiger partial charge in [0.2, 0.25) is 0 Å². The van der Waals surface area contributed by atoms with Crippen molar-refractivity contribution >= 4 is 6.21 Å². The molecule has 0 radical (unpaired) electrons. The molecule has 0 aromatic heterocycles. The van der Waals surface area contributed by atoms with E-state index < -0.39 is 0 Å². The van der Waals surface area contributed by atoms with Gasteiger partial charge in [-0.2, -0.15) is 0 Å². The lowest BCUT2D eigenvalue weighted by Crippen LogP contribution is -2.21. The molecule has 0 aliphatic heterocycles. The maximum atomic E-state index is 6.01. The van der Waals surface area contributed by atoms with Crippen LogP contribution in [0.5, 0.6) is 11.5 Å². The van der Waals surface area contributed by atoms with Crippen molar-refractivity contribution in [2.45, 2.75) is 40.0 Å². The molecule has 0 saturated heterocycles. The van der Waals surface area contributed by atoms with Crippen LogP contribution in [-0.4, -0.2) is 51.6 Å². The standard InChI is InChI=1S/C21H34N2O3/c1-6-7-14-25-20-16-18(2)21(19(3)17-20)26-15-10-8-9-12-23(4)13-11-22-24-5/h6-7,11,16-17H,8-10,12-15H2,1-5H3/b7-6+,22-11+. The van der Waals surface area contributed by atoms with Crippen molar-refractivity contribution in [2.75, 3.05) is 40.5 Å². The van der Waals surface area contributed by atoms with Crippen LogP contribution in [0, 0.1) is 13.8 Å². The zero-order chi connectivity index (χ0) is 19.2. The van der Waals surface area contributed by atoms with Crippen LogP contribution in [-0.2, 0) is 4.84 Å². The molecule has 0 amide bonds. The summed E-state index contributed by atoms with van der Waals surface area (Å²) in [7, 11) is 3.65. The van der Waals surface area contributed by atoms with Crippen molar-refractivity contribution in [3.05, 3.63) is 35.4 Å². The van der Waals surface area contributed by atoms with Crippen LogP contribution in [0.1, 0.15) is 37.3 Å². The van der Waals surface area contributed by atoms with Gasteiger partial charge in [-0.15, -0.1) is 0 Å². The van der Waals surface area contributed by atoms with E-state index in [0.29, 0.717) is 6.61 Å². The van der Waals surface area contributed by atoms with Crippen LogP contribution >= 0.6 is 0 Å². The first-order valence-electron chi connectivity index (χ1n) is 9.30. The van der Waals surface area contributed by atoms with Crippen LogP contribution in [0.3, 0.4) is 0 Å². The third-order valence-electron chi connectivity index (χ3n) is 4.02. The molecule has 26 heavy (non-hydrogen) atoms. The third-order valence-corrected chi connectivity index (χ3v) is 4.02. The number of ether oxygens (including phenoxy) is 2. The molecule has 146 valence electrons. The number of nitrogens with zero attached hydrogens (tertiary/aromatic N) is 2. The molecular formula is C21H34N2O3. The fraction of sp³-hybridized carbons (Fsp3) is 0.571. The first-order valence-corrected chi connectivity index (χ1v) is 9.30. The number of aryl methyl sites for hydroxylation is 2. The molecule has 0 fully saturated rings. The number of oxime groups is 1. The highest BCUT2D eigenvalue weighted by Crippen LogP contribution is 2.28. The molecular weight excluding hydrogens is 328 g/mol. The second-order valence-electron chi connectivity index (χ2n) is 6.41. The van der Waals surface area contributed by atoms with E-state index in [0.717, 1.165) is 61.6 Å². The zero-order valence-electron chi connectivity index (χ0n) is 17.0. The molecule has 0 bridgehead atoms. The summed E-state index contributed by atoms with van der Waals surface area (Å²) in [5.41, 5.74) is 2.25. The van der Waals surface area contributed by atoms with E-state index in [4.69, 9.17) is 9.47 Å². The van der Waals surface area contributed by atoms with E-state index >= 15 is 0 Å². The third kappa shape index (κ3) is 8.90. The molecule has 0 spiro atoms. The maximum Gasteiger partial charge on any atom is 0.125 e. The quantitative estimate of drug-likeness (QED) is 0.226. The molecule has 0 N–H and O–H groups in total. The normalized spacial score (nSPS) is 11.6. The van der Waals surface area contributed by atoms with Gasteiger partial charge in [-0.05, 0) is 76.9 Å². The van der Waals surface area contributed by atoms with Gasteiger partial charge in [0.1, 0.15) is 25.2 Å². The van der Waals surface area contributed by atoms with E-state index in [2.05, 4.69) is 35.8 Å². The van der Waals surface area contributed by atoms with E-state index in [1.807, 2.05) is 31.2 Å². The Morgan fingerprint density at radius 3 is 2.46 bits per heavy atom. The highest BCUT2D eigenvalue weighted by Gasteiger charge is 2.07. The SMILES string of the molecule is C/C=C/COc1cc(C)c(OCCCCCN(C)C/C=N/OC)c(C)c1. The lowest BCUT2D eigenvalue weighted by molar-refractivity contribution is 0.213. The van der Waals surface area contributed by atoms with Crippen molar-refractivity contribution in [1.29, 1.82) is 0 Å². The topological polar surface area (TPSA) is 43.3 Å². The van der Waals surface area contributed by atoms with Crippen molar-refractivity contribution in [3.8, 4) is 11.5 Å². The summed E-state index contributed by atoms with van der Waals surface area (Å²) in [6, 6.07) is 4.09. The van der Waals surface area contributed by atoms with Crippen molar-refractivity contribution in [3.63, 3.8) is 0 Å². The molecule has 1 aromatic rings. The summed E-state index contributed by atoms with van der Waals surface area (Å²) in [6.45, 7) is 9.33. The fourth-order valence-electron chi connectivity index (χ4n) is 2.64. The van der Waals surface area contributed by atoms with Gasteiger partial charge in [-0.25, -0.2) is 0 Å². The van der Waals surface area contributed by atoms with Gasteiger partial charge in [-0.3, -0.25) is 0 Å². The lowest BCUT2D eigenvalue weighted by Gasteiger charge is -2.15. The summed E-state index contributed by atoms with van der Waals surface area (Å²) >= 11 is 0. The minimum atomic E-state index is 0.599. The number of unbranched alkanes of at least 4 members (excludes halogenated alkanes) is 2. The zero-order valence-corrected chi connectivity index (χ0v) is 17.0. The Balaban J connectivity index is 2.29. The predicted octanol–water partition coefficient (Wildman–Crippen LogP) is 4.37. The number of benzene rings is 1. The first-order chi connectivity index (χ1) is 12.6. The molecule has 5 nitrogen and oxygen atoms in total. The van der Waals surface area contributed by atoms with Crippen molar-refractivity contribution < 1.29 is 14.3 Å². The van der Waals surface area contributed by atoms with Crippen molar-refractivity contribution in [2.24, 2.45) is 5.16 Å². The maximum absolute atomic E-state index is 6.01. The number of allylic oxidation sites excluding steroid dienone is 1. The van der Waals surface area contributed by atoms with Crippen LogP contribution in [0.25, 0.3) is 0 Å². The Hall–Kier alpha value is -2.01. The molecule has 0 unspecified atom stereocenters. The van der Waals surface area contributed by atoms with Gasteiger partial charge >= 0.3 is 0 Å². The minimum absolute atomic E-state index is 0.599. The van der Waals surface area contributed by atoms with Gasteiger partial charge in [0.05, 0.1) is 12.8 Å². The molecule has 0 aliphatic carbocycles. The summed E-state index contributed by atoms with van der Waals surface area (Å²) in [6.07, 6.45) is 9.11. The van der Waals surface area contributed by atoms with Gasteiger partial charge in [-0.1, -0.05) is 17.3 Å². The van der Waals surface area contributed by atoms with Crippen molar-refractivity contribution in [1.82, 2.24) is 4.90 Å². The first kappa shape index (κ1) is 22.0. The van der Waals surface area contributed by atoms with Gasteiger partial charge in [0.15, 0.2) is 0 Å². The smallest absolute Gasteiger partial charge is 0.125 e. The van der Waals surface area contributed by atoms with Gasteiger partial charge < -0.3 is 19.2 Å². The van der Waals surface area contributed by atoms with Crippen LogP contribution < -0.4 is 9.47 Å². The molecule has 0 atom stereocenters. The molecule has 5 heteroatoms. The molecule has 0 heterocycles. The average molecular weight is 363 g/mol. The van der Waals surface area contributed by atoms with Crippen LogP contribution in [0.4, 0.5) is 0 Å². The Bertz CT molecular complexity index is 547. The number of hydrogen-bond donors (Lipinski definition) is 0. The van der Waals surface area contributed by atoms with Crippen LogP contribution in [0.2, 0.25) is 0 Å².